The average Bonchev–Trinajstić information content (AvgIpc) is 2.80. The van der Waals surface area contributed by atoms with E-state index in [9.17, 15) is 0 Å². The zero-order valence-electron chi connectivity index (χ0n) is 9.82. The number of rotatable bonds is 5. The Morgan fingerprint density at radius 1 is 1.62 bits per heavy atom. The van der Waals surface area contributed by atoms with Crippen LogP contribution in [0.3, 0.4) is 0 Å². The van der Waals surface area contributed by atoms with Crippen LogP contribution in [-0.2, 0) is 11.2 Å². The summed E-state index contributed by atoms with van der Waals surface area (Å²) in [6.07, 6.45) is 1.53. The molecule has 0 aliphatic carbocycles. The van der Waals surface area contributed by atoms with Gasteiger partial charge in [0, 0.05) is 31.1 Å². The fraction of sp³-hybridized carbons (Fsp3) is 0.667. The Balaban J connectivity index is 1.72. The molecule has 0 amide bonds. The van der Waals surface area contributed by atoms with Gasteiger partial charge in [0.25, 0.3) is 0 Å². The van der Waals surface area contributed by atoms with Gasteiger partial charge in [-0.3, -0.25) is 4.90 Å². The number of ether oxygens (including phenoxy) is 1. The van der Waals surface area contributed by atoms with Gasteiger partial charge in [-0.2, -0.15) is 0 Å². The molecule has 1 fully saturated rings. The molecule has 2 heterocycles. The van der Waals surface area contributed by atoms with Crippen molar-refractivity contribution in [3.05, 3.63) is 22.4 Å². The molecule has 1 aliphatic rings. The monoisotopic (exact) mass is 240 g/mol. The van der Waals surface area contributed by atoms with Crippen molar-refractivity contribution in [2.24, 2.45) is 0 Å². The van der Waals surface area contributed by atoms with Crippen molar-refractivity contribution in [2.45, 2.75) is 12.5 Å². The lowest BCUT2D eigenvalue weighted by Gasteiger charge is -2.32. The Morgan fingerprint density at radius 3 is 3.31 bits per heavy atom. The first-order valence-electron chi connectivity index (χ1n) is 5.89. The summed E-state index contributed by atoms with van der Waals surface area (Å²) in [5, 5.41) is 5.33. The third-order valence-corrected chi connectivity index (χ3v) is 3.85. The Morgan fingerprint density at radius 2 is 2.56 bits per heavy atom. The van der Waals surface area contributed by atoms with E-state index >= 15 is 0 Å². The minimum absolute atomic E-state index is 0.363. The molecular weight excluding hydrogens is 220 g/mol. The summed E-state index contributed by atoms with van der Waals surface area (Å²) in [5.74, 6) is 0. The third-order valence-electron chi connectivity index (χ3n) is 2.91. The van der Waals surface area contributed by atoms with Crippen molar-refractivity contribution in [3.63, 3.8) is 0 Å². The smallest absolute Gasteiger partial charge is 0.0826 e. The number of hydrogen-bond donors (Lipinski definition) is 1. The Hall–Kier alpha value is -0.420. The van der Waals surface area contributed by atoms with Gasteiger partial charge in [0.1, 0.15) is 0 Å². The molecule has 0 radical (unpaired) electrons. The summed E-state index contributed by atoms with van der Waals surface area (Å²) < 4.78 is 5.68. The molecule has 2 rings (SSSR count). The molecular formula is C12H20N2OS. The molecule has 1 aromatic rings. The standard InChI is InChI=1S/C12H20N2OS/c1-13-9-11-10-14(6-7-15-11)5-4-12-3-2-8-16-12/h2-3,8,11,13H,4-7,9-10H2,1H3. The maximum absolute atomic E-state index is 5.68. The van der Waals surface area contributed by atoms with E-state index < -0.39 is 0 Å². The van der Waals surface area contributed by atoms with Crippen molar-refractivity contribution in [1.82, 2.24) is 10.2 Å². The quantitative estimate of drug-likeness (QED) is 0.837. The molecule has 0 aromatic carbocycles. The summed E-state index contributed by atoms with van der Waals surface area (Å²) in [6, 6.07) is 4.35. The van der Waals surface area contributed by atoms with Crippen LogP contribution in [0.2, 0.25) is 0 Å². The van der Waals surface area contributed by atoms with Crippen LogP contribution in [0, 0.1) is 0 Å². The van der Waals surface area contributed by atoms with Crippen LogP contribution < -0.4 is 5.32 Å². The normalized spacial score (nSPS) is 22.4. The van der Waals surface area contributed by atoms with E-state index in [-0.39, 0.29) is 0 Å². The highest BCUT2D eigenvalue weighted by Crippen LogP contribution is 2.11. The molecule has 1 unspecified atom stereocenters. The van der Waals surface area contributed by atoms with Crippen LogP contribution in [-0.4, -0.2) is 50.8 Å². The number of nitrogens with one attached hydrogen (secondary N) is 1. The Bertz CT molecular complexity index is 287. The second-order valence-corrected chi connectivity index (χ2v) is 5.21. The molecule has 1 aromatic heterocycles. The van der Waals surface area contributed by atoms with Gasteiger partial charge in [-0.15, -0.1) is 11.3 Å². The first kappa shape index (κ1) is 12.0. The third kappa shape index (κ3) is 3.56. The second kappa shape index (κ2) is 6.35. The van der Waals surface area contributed by atoms with E-state index in [2.05, 4.69) is 27.7 Å². The lowest BCUT2D eigenvalue weighted by Crippen LogP contribution is -2.46. The largest absolute Gasteiger partial charge is 0.374 e. The first-order chi connectivity index (χ1) is 7.88. The average molecular weight is 240 g/mol. The molecule has 90 valence electrons. The van der Waals surface area contributed by atoms with E-state index in [0.717, 1.165) is 32.8 Å². The zero-order valence-corrected chi connectivity index (χ0v) is 10.6. The van der Waals surface area contributed by atoms with Gasteiger partial charge in [-0.25, -0.2) is 0 Å². The molecule has 0 bridgehead atoms. The van der Waals surface area contributed by atoms with Crippen LogP contribution in [0.1, 0.15) is 4.88 Å². The minimum Gasteiger partial charge on any atom is -0.374 e. The summed E-state index contributed by atoms with van der Waals surface area (Å²) in [4.78, 5) is 3.99. The van der Waals surface area contributed by atoms with Crippen molar-refractivity contribution < 1.29 is 4.74 Å². The summed E-state index contributed by atoms with van der Waals surface area (Å²) in [7, 11) is 1.98. The zero-order chi connectivity index (χ0) is 11.2. The Labute approximate surface area is 101 Å². The molecule has 4 heteroatoms. The predicted octanol–water partition coefficient (Wildman–Crippen LogP) is 1.21. The number of nitrogens with zero attached hydrogens (tertiary/aromatic N) is 1. The summed E-state index contributed by atoms with van der Waals surface area (Å²) >= 11 is 1.85. The van der Waals surface area contributed by atoms with Crippen molar-refractivity contribution in [1.29, 1.82) is 0 Å². The topological polar surface area (TPSA) is 24.5 Å². The van der Waals surface area contributed by atoms with Gasteiger partial charge in [0.15, 0.2) is 0 Å². The van der Waals surface area contributed by atoms with Gasteiger partial charge in [-0.1, -0.05) is 6.07 Å². The second-order valence-electron chi connectivity index (χ2n) is 4.18. The molecule has 1 saturated heterocycles. The van der Waals surface area contributed by atoms with Gasteiger partial charge < -0.3 is 10.1 Å². The molecule has 0 spiro atoms. The van der Waals surface area contributed by atoms with E-state index in [1.165, 1.54) is 11.3 Å². The van der Waals surface area contributed by atoms with Crippen molar-refractivity contribution in [2.75, 3.05) is 39.8 Å². The highest BCUT2D eigenvalue weighted by Gasteiger charge is 2.19. The predicted molar refractivity (Wildman–Crippen MR) is 68.1 cm³/mol. The van der Waals surface area contributed by atoms with Crippen LogP contribution >= 0.6 is 11.3 Å². The van der Waals surface area contributed by atoms with Crippen LogP contribution in [0.25, 0.3) is 0 Å². The molecule has 1 aliphatic heterocycles. The van der Waals surface area contributed by atoms with Gasteiger partial charge in [0.05, 0.1) is 12.7 Å². The summed E-state index contributed by atoms with van der Waals surface area (Å²) in [6.45, 7) is 5.12. The van der Waals surface area contributed by atoms with Crippen LogP contribution in [0.4, 0.5) is 0 Å². The number of likely N-dealkylation sites (N-methyl/N-ethyl adjacent to an activating group) is 1. The van der Waals surface area contributed by atoms with Crippen molar-refractivity contribution in [3.8, 4) is 0 Å². The maximum Gasteiger partial charge on any atom is 0.0826 e. The fourth-order valence-corrected chi connectivity index (χ4v) is 2.76. The van der Waals surface area contributed by atoms with Gasteiger partial charge in [0.2, 0.25) is 0 Å². The number of hydrogen-bond acceptors (Lipinski definition) is 4. The lowest BCUT2D eigenvalue weighted by molar-refractivity contribution is -0.0257. The maximum atomic E-state index is 5.68. The van der Waals surface area contributed by atoms with Crippen LogP contribution in [0.15, 0.2) is 17.5 Å². The summed E-state index contributed by atoms with van der Waals surface area (Å²) in [5.41, 5.74) is 0. The van der Waals surface area contributed by atoms with E-state index in [0.29, 0.717) is 6.10 Å². The van der Waals surface area contributed by atoms with E-state index in [1.807, 2.05) is 18.4 Å². The molecule has 1 N–H and O–H groups in total. The highest BCUT2D eigenvalue weighted by molar-refractivity contribution is 7.09. The number of thiophene rings is 1. The van der Waals surface area contributed by atoms with E-state index in [4.69, 9.17) is 4.74 Å². The highest BCUT2D eigenvalue weighted by atomic mass is 32.1. The minimum atomic E-state index is 0.363. The Kier molecular flexibility index (Phi) is 4.78. The van der Waals surface area contributed by atoms with Gasteiger partial charge >= 0.3 is 0 Å². The number of morpholine rings is 1. The van der Waals surface area contributed by atoms with Crippen LogP contribution in [0.5, 0.6) is 0 Å². The SMILES string of the molecule is CNCC1CN(CCc2cccs2)CCO1. The first-order valence-corrected chi connectivity index (χ1v) is 6.77. The molecule has 0 saturated carbocycles. The fourth-order valence-electron chi connectivity index (χ4n) is 2.06. The van der Waals surface area contributed by atoms with Gasteiger partial charge in [-0.05, 0) is 24.9 Å². The van der Waals surface area contributed by atoms with E-state index in [1.54, 1.807) is 0 Å². The lowest BCUT2D eigenvalue weighted by atomic mass is 10.2. The molecule has 16 heavy (non-hydrogen) atoms. The molecule has 1 atom stereocenters. The van der Waals surface area contributed by atoms with Crippen molar-refractivity contribution >= 4 is 11.3 Å². The molecule has 3 nitrogen and oxygen atoms in total.